The molecule has 0 aromatic rings. The van der Waals surface area contributed by atoms with Gasteiger partial charge >= 0.3 is 0 Å². The molecular formula is C7H16ClN3O. The van der Waals surface area contributed by atoms with Gasteiger partial charge in [-0.1, -0.05) is 0 Å². The normalized spacial score (nSPS) is 21.4. The van der Waals surface area contributed by atoms with E-state index in [0.29, 0.717) is 6.54 Å². The van der Waals surface area contributed by atoms with Crippen LogP contribution in [0, 0.1) is 0 Å². The van der Waals surface area contributed by atoms with Gasteiger partial charge in [0.25, 0.3) is 5.91 Å². The molecule has 0 radical (unpaired) electrons. The molecule has 5 heteroatoms. The molecule has 1 aliphatic rings. The summed E-state index contributed by atoms with van der Waals surface area (Å²) in [5.41, 5.74) is 0. The van der Waals surface area contributed by atoms with Crippen LogP contribution < -0.4 is 12.4 Å². The van der Waals surface area contributed by atoms with Crippen LogP contribution in [0.2, 0.25) is 0 Å². The Morgan fingerprint density at radius 2 is 1.92 bits per heavy atom. The molecule has 72 valence electrons. The first-order valence-corrected chi connectivity index (χ1v) is 3.72. The summed E-state index contributed by atoms with van der Waals surface area (Å²) in [6, 6.07) is 0. The number of rotatable bonds is 1. The molecule has 0 aliphatic carbocycles. The highest BCUT2D eigenvalue weighted by molar-refractivity contribution is 5.77. The number of carbonyl (C=O) groups is 1. The number of hydrogen-bond donors (Lipinski definition) is 0. The van der Waals surface area contributed by atoms with Gasteiger partial charge in [-0.05, 0) is 0 Å². The maximum absolute atomic E-state index is 11.3. The minimum atomic E-state index is 0. The van der Waals surface area contributed by atoms with Crippen molar-refractivity contribution in [2.75, 3.05) is 41.4 Å². The third kappa shape index (κ3) is 2.33. The number of amides is 1. The molecule has 1 fully saturated rings. The SMILES string of the molecule is CN(C)N1C[N+](C)(C)CC1=O.[Cl-]. The molecule has 0 atom stereocenters. The van der Waals surface area contributed by atoms with Crippen LogP contribution in [0.1, 0.15) is 0 Å². The number of likely N-dealkylation sites (N-methyl/N-ethyl adjacent to an activating group) is 1. The summed E-state index contributed by atoms with van der Waals surface area (Å²) in [5.74, 6) is 0.208. The van der Waals surface area contributed by atoms with Gasteiger partial charge in [-0.2, -0.15) is 0 Å². The van der Waals surface area contributed by atoms with Gasteiger partial charge in [0, 0.05) is 14.1 Å². The van der Waals surface area contributed by atoms with Gasteiger partial charge in [0.2, 0.25) is 0 Å². The topological polar surface area (TPSA) is 23.6 Å². The fourth-order valence-corrected chi connectivity index (χ4v) is 1.29. The van der Waals surface area contributed by atoms with Crippen LogP contribution in [0.15, 0.2) is 0 Å². The van der Waals surface area contributed by atoms with Crippen molar-refractivity contribution in [3.63, 3.8) is 0 Å². The van der Waals surface area contributed by atoms with Gasteiger partial charge in [-0.15, -0.1) is 0 Å². The van der Waals surface area contributed by atoms with E-state index in [1.807, 2.05) is 19.1 Å². The van der Waals surface area contributed by atoms with E-state index in [4.69, 9.17) is 0 Å². The largest absolute Gasteiger partial charge is 1.00 e. The molecule has 1 aliphatic heterocycles. The summed E-state index contributed by atoms with van der Waals surface area (Å²) < 4.78 is 0.761. The average molecular weight is 194 g/mol. The quantitative estimate of drug-likeness (QED) is 0.401. The van der Waals surface area contributed by atoms with Crippen LogP contribution >= 0.6 is 0 Å². The van der Waals surface area contributed by atoms with E-state index in [1.165, 1.54) is 0 Å². The molecule has 0 unspecified atom stereocenters. The lowest BCUT2D eigenvalue weighted by Gasteiger charge is -2.25. The maximum Gasteiger partial charge on any atom is 0.296 e. The van der Waals surface area contributed by atoms with Gasteiger partial charge in [0.1, 0.15) is 0 Å². The van der Waals surface area contributed by atoms with E-state index in [1.54, 1.807) is 5.01 Å². The number of quaternary nitrogens is 1. The van der Waals surface area contributed by atoms with Crippen molar-refractivity contribution in [3.05, 3.63) is 0 Å². The standard InChI is InChI=1S/C7H16N3O.ClH/c1-8(2)9-6-10(3,4)5-7(9)11;/h5-6H2,1-4H3;1H/q+1;/p-1. The first kappa shape index (κ1) is 11.7. The van der Waals surface area contributed by atoms with Crippen LogP contribution in [0.3, 0.4) is 0 Å². The minimum absolute atomic E-state index is 0. The van der Waals surface area contributed by atoms with E-state index in [2.05, 4.69) is 14.1 Å². The molecule has 1 amide bonds. The number of halogens is 1. The van der Waals surface area contributed by atoms with Crippen LogP contribution in [-0.4, -0.2) is 61.8 Å². The smallest absolute Gasteiger partial charge is 0.296 e. The van der Waals surface area contributed by atoms with Crippen molar-refractivity contribution in [1.29, 1.82) is 0 Å². The molecular weight excluding hydrogens is 178 g/mol. The van der Waals surface area contributed by atoms with E-state index < -0.39 is 0 Å². The van der Waals surface area contributed by atoms with E-state index >= 15 is 0 Å². The number of nitrogens with zero attached hydrogens (tertiary/aromatic N) is 3. The second-order valence-electron chi connectivity index (χ2n) is 3.88. The lowest BCUT2D eigenvalue weighted by Crippen LogP contribution is -3.00. The summed E-state index contributed by atoms with van der Waals surface area (Å²) in [7, 11) is 7.90. The molecule has 0 N–H and O–H groups in total. The van der Waals surface area contributed by atoms with Gasteiger partial charge < -0.3 is 16.9 Å². The summed E-state index contributed by atoms with van der Waals surface area (Å²) in [6.07, 6.45) is 0. The first-order valence-electron chi connectivity index (χ1n) is 3.72. The van der Waals surface area contributed by atoms with Crippen molar-refractivity contribution in [2.24, 2.45) is 0 Å². The number of hydrogen-bond acceptors (Lipinski definition) is 2. The van der Waals surface area contributed by atoms with Crippen LogP contribution in [-0.2, 0) is 4.79 Å². The molecule has 0 aromatic heterocycles. The highest BCUT2D eigenvalue weighted by Gasteiger charge is 2.36. The van der Waals surface area contributed by atoms with Crippen molar-refractivity contribution < 1.29 is 21.7 Å². The Kier molecular flexibility index (Phi) is 3.50. The van der Waals surface area contributed by atoms with Gasteiger partial charge in [0.05, 0.1) is 14.1 Å². The van der Waals surface area contributed by atoms with Crippen LogP contribution in [0.25, 0.3) is 0 Å². The number of carbonyl (C=O) groups excluding carboxylic acids is 1. The fraction of sp³-hybridized carbons (Fsp3) is 0.857. The lowest BCUT2D eigenvalue weighted by atomic mass is 10.5. The summed E-state index contributed by atoms with van der Waals surface area (Å²) in [6.45, 7) is 1.39. The average Bonchev–Trinajstić information content (AvgIpc) is 2.05. The number of hydrazine groups is 1. The Hall–Kier alpha value is -0.320. The molecule has 0 saturated carbocycles. The van der Waals surface area contributed by atoms with Gasteiger partial charge in [-0.3, -0.25) is 4.79 Å². The molecule has 0 spiro atoms. The van der Waals surface area contributed by atoms with Crippen LogP contribution in [0.4, 0.5) is 0 Å². The molecule has 1 saturated heterocycles. The van der Waals surface area contributed by atoms with Crippen molar-refractivity contribution in [1.82, 2.24) is 10.0 Å². The minimum Gasteiger partial charge on any atom is -1.00 e. The molecule has 1 rings (SSSR count). The Bertz CT molecular complexity index is 181. The van der Waals surface area contributed by atoms with Crippen LogP contribution in [0.5, 0.6) is 0 Å². The molecule has 12 heavy (non-hydrogen) atoms. The zero-order valence-electron chi connectivity index (χ0n) is 8.04. The zero-order chi connectivity index (χ0) is 8.65. The molecule has 1 heterocycles. The Balaban J connectivity index is 0.00000121. The van der Waals surface area contributed by atoms with E-state index in [9.17, 15) is 4.79 Å². The summed E-state index contributed by atoms with van der Waals surface area (Å²) in [5, 5.41) is 3.61. The molecule has 4 nitrogen and oxygen atoms in total. The molecule has 0 aromatic carbocycles. The fourth-order valence-electron chi connectivity index (χ4n) is 1.29. The second kappa shape index (κ2) is 3.60. The Morgan fingerprint density at radius 3 is 2.08 bits per heavy atom. The zero-order valence-corrected chi connectivity index (χ0v) is 8.80. The highest BCUT2D eigenvalue weighted by atomic mass is 35.5. The second-order valence-corrected chi connectivity index (χ2v) is 3.88. The van der Waals surface area contributed by atoms with E-state index in [0.717, 1.165) is 11.2 Å². The predicted octanol–water partition coefficient (Wildman–Crippen LogP) is -3.66. The monoisotopic (exact) mass is 193 g/mol. The third-order valence-electron chi connectivity index (χ3n) is 1.85. The summed E-state index contributed by atoms with van der Waals surface area (Å²) in [4.78, 5) is 11.3. The Morgan fingerprint density at radius 1 is 1.42 bits per heavy atom. The van der Waals surface area contributed by atoms with Crippen molar-refractivity contribution in [3.8, 4) is 0 Å². The van der Waals surface area contributed by atoms with E-state index in [-0.39, 0.29) is 18.3 Å². The first-order chi connectivity index (χ1) is 4.92. The highest BCUT2D eigenvalue weighted by Crippen LogP contribution is 2.11. The predicted molar refractivity (Wildman–Crippen MR) is 42.4 cm³/mol. The van der Waals surface area contributed by atoms with Gasteiger partial charge in [0.15, 0.2) is 13.2 Å². The lowest BCUT2D eigenvalue weighted by molar-refractivity contribution is -0.881. The Labute approximate surface area is 79.7 Å². The summed E-state index contributed by atoms with van der Waals surface area (Å²) >= 11 is 0. The van der Waals surface area contributed by atoms with Gasteiger partial charge in [-0.25, -0.2) is 10.0 Å². The van der Waals surface area contributed by atoms with Crippen molar-refractivity contribution in [2.45, 2.75) is 0 Å². The third-order valence-corrected chi connectivity index (χ3v) is 1.85. The molecule has 0 bridgehead atoms. The van der Waals surface area contributed by atoms with Crippen molar-refractivity contribution >= 4 is 5.91 Å². The maximum atomic E-state index is 11.3.